The van der Waals surface area contributed by atoms with Crippen molar-refractivity contribution >= 4 is 29.0 Å². The van der Waals surface area contributed by atoms with Crippen molar-refractivity contribution in [2.45, 2.75) is 13.1 Å². The van der Waals surface area contributed by atoms with E-state index in [9.17, 15) is 22.8 Å². The summed E-state index contributed by atoms with van der Waals surface area (Å²) in [5.41, 5.74) is 0.0132. The van der Waals surface area contributed by atoms with Gasteiger partial charge in [-0.05, 0) is 12.1 Å². The Balaban J connectivity index is 2.19. The van der Waals surface area contributed by atoms with Crippen LogP contribution in [0, 0.1) is 0 Å². The van der Waals surface area contributed by atoms with Gasteiger partial charge in [0.1, 0.15) is 11.6 Å². The number of alkyl halides is 3. The number of rotatable bonds is 3. The number of benzene rings is 1. The number of nitrogens with one attached hydrogen (secondary N) is 1. The van der Waals surface area contributed by atoms with Gasteiger partial charge in [0, 0.05) is 12.3 Å². The Hall–Kier alpha value is -2.42. The zero-order valence-corrected chi connectivity index (χ0v) is 11.9. The molecule has 1 N–H and O–H groups in total. The van der Waals surface area contributed by atoms with Gasteiger partial charge in [-0.25, -0.2) is 4.98 Å². The van der Waals surface area contributed by atoms with Crippen LogP contribution in [0.1, 0.15) is 22.3 Å². The molecule has 0 unspecified atom stereocenters. The number of amides is 1. The molecule has 0 spiro atoms. The summed E-state index contributed by atoms with van der Waals surface area (Å²) >= 11 is 0.372. The quantitative estimate of drug-likeness (QED) is 0.692. The Morgan fingerprint density at radius 1 is 1.27 bits per heavy atom. The minimum Gasteiger partial charge on any atom is -0.426 e. The first-order valence-electron chi connectivity index (χ1n) is 5.89. The summed E-state index contributed by atoms with van der Waals surface area (Å²) in [5, 5.41) is 2.25. The van der Waals surface area contributed by atoms with Gasteiger partial charge in [-0.15, -0.1) is 11.3 Å². The number of ether oxygens (including phenoxy) is 1. The van der Waals surface area contributed by atoms with E-state index in [1.54, 1.807) is 6.07 Å². The van der Waals surface area contributed by atoms with Crippen molar-refractivity contribution in [2.24, 2.45) is 0 Å². The summed E-state index contributed by atoms with van der Waals surface area (Å²) in [4.78, 5) is 26.3. The van der Waals surface area contributed by atoms with E-state index < -0.39 is 23.1 Å². The minimum atomic E-state index is -4.57. The molecule has 1 aromatic carbocycles. The molecule has 0 bridgehead atoms. The molecule has 0 aliphatic rings. The summed E-state index contributed by atoms with van der Waals surface area (Å²) in [5.74, 6) is -1.55. The smallest absolute Gasteiger partial charge is 0.426 e. The second-order valence-corrected chi connectivity index (χ2v) is 4.94. The minimum absolute atomic E-state index is 0.0128. The Kier molecular flexibility index (Phi) is 4.45. The fraction of sp³-hybridized carbons (Fsp3) is 0.154. The van der Waals surface area contributed by atoms with Gasteiger partial charge in [0.15, 0.2) is 5.01 Å². The maximum Gasteiger partial charge on any atom is 0.443 e. The molecule has 1 aromatic heterocycles. The number of para-hydroxylation sites is 1. The second-order valence-electron chi connectivity index (χ2n) is 4.08. The third-order valence-corrected chi connectivity index (χ3v) is 3.26. The molecule has 0 saturated heterocycles. The maximum absolute atomic E-state index is 12.4. The lowest BCUT2D eigenvalue weighted by molar-refractivity contribution is -0.137. The molecule has 116 valence electrons. The Labute approximate surface area is 126 Å². The highest BCUT2D eigenvalue weighted by Crippen LogP contribution is 2.33. The molecular weight excluding hydrogens is 321 g/mol. The number of thiazole rings is 1. The fourth-order valence-corrected chi connectivity index (χ4v) is 2.16. The molecular formula is C13H9F3N2O3S. The van der Waals surface area contributed by atoms with E-state index in [1.807, 2.05) is 0 Å². The maximum atomic E-state index is 12.4. The SMILES string of the molecule is CC(=O)Oc1ccccc1C(=O)Nc1csc(C(F)(F)F)n1. The summed E-state index contributed by atoms with van der Waals surface area (Å²) < 4.78 is 42.2. The van der Waals surface area contributed by atoms with E-state index >= 15 is 0 Å². The van der Waals surface area contributed by atoms with Crippen molar-refractivity contribution in [1.82, 2.24) is 4.98 Å². The second kappa shape index (κ2) is 6.14. The molecule has 0 saturated carbocycles. The number of anilines is 1. The standard InChI is InChI=1S/C13H9F3N2O3S/c1-7(19)21-9-5-3-2-4-8(9)11(20)17-10-6-22-12(18-10)13(14,15)16/h2-6H,1H3,(H,17,20). The predicted octanol–water partition coefficient (Wildman–Crippen LogP) is 3.34. The van der Waals surface area contributed by atoms with Crippen LogP contribution in [0.4, 0.5) is 19.0 Å². The Morgan fingerprint density at radius 3 is 2.55 bits per heavy atom. The van der Waals surface area contributed by atoms with E-state index in [4.69, 9.17) is 4.74 Å². The van der Waals surface area contributed by atoms with E-state index in [0.717, 1.165) is 5.38 Å². The van der Waals surface area contributed by atoms with Gasteiger partial charge < -0.3 is 10.1 Å². The number of nitrogens with zero attached hydrogens (tertiary/aromatic N) is 1. The molecule has 5 nitrogen and oxygen atoms in total. The molecule has 2 aromatic rings. The Bertz CT molecular complexity index is 713. The lowest BCUT2D eigenvalue weighted by Crippen LogP contribution is -2.15. The van der Waals surface area contributed by atoms with Crippen molar-refractivity contribution in [3.8, 4) is 5.75 Å². The lowest BCUT2D eigenvalue weighted by atomic mass is 10.2. The number of halogens is 3. The number of hydrogen-bond donors (Lipinski definition) is 1. The summed E-state index contributed by atoms with van der Waals surface area (Å²) in [6.45, 7) is 1.17. The number of aromatic nitrogens is 1. The van der Waals surface area contributed by atoms with Gasteiger partial charge in [0.05, 0.1) is 5.56 Å². The van der Waals surface area contributed by atoms with Crippen LogP contribution < -0.4 is 10.1 Å². The molecule has 0 fully saturated rings. The number of carbonyl (C=O) groups is 2. The summed E-state index contributed by atoms with van der Waals surface area (Å²) in [6.07, 6.45) is -4.57. The first kappa shape index (κ1) is 16.0. The van der Waals surface area contributed by atoms with Gasteiger partial charge in [0.25, 0.3) is 5.91 Å². The molecule has 0 aliphatic carbocycles. The van der Waals surface area contributed by atoms with Crippen molar-refractivity contribution in [3.05, 3.63) is 40.2 Å². The molecule has 0 atom stereocenters. The number of esters is 1. The topological polar surface area (TPSA) is 68.3 Å². The molecule has 0 radical (unpaired) electrons. The van der Waals surface area contributed by atoms with Crippen LogP contribution in [0.25, 0.3) is 0 Å². The highest BCUT2D eigenvalue weighted by atomic mass is 32.1. The van der Waals surface area contributed by atoms with Crippen LogP contribution in [-0.4, -0.2) is 16.9 Å². The zero-order valence-electron chi connectivity index (χ0n) is 11.1. The van der Waals surface area contributed by atoms with Gasteiger partial charge >= 0.3 is 12.1 Å². The van der Waals surface area contributed by atoms with Crippen LogP contribution in [0.2, 0.25) is 0 Å². The van der Waals surface area contributed by atoms with E-state index in [1.165, 1.54) is 25.1 Å². The predicted molar refractivity (Wildman–Crippen MR) is 72.8 cm³/mol. The highest BCUT2D eigenvalue weighted by Gasteiger charge is 2.34. The van der Waals surface area contributed by atoms with Crippen LogP contribution in [0.5, 0.6) is 5.75 Å². The monoisotopic (exact) mass is 330 g/mol. The average Bonchev–Trinajstić information content (AvgIpc) is 2.87. The number of carbonyl (C=O) groups excluding carboxylic acids is 2. The van der Waals surface area contributed by atoms with Crippen LogP contribution in [0.3, 0.4) is 0 Å². The molecule has 9 heteroatoms. The van der Waals surface area contributed by atoms with Crippen molar-refractivity contribution < 1.29 is 27.5 Å². The van der Waals surface area contributed by atoms with Gasteiger partial charge in [-0.1, -0.05) is 12.1 Å². The van der Waals surface area contributed by atoms with Gasteiger partial charge in [-0.3, -0.25) is 9.59 Å². The highest BCUT2D eigenvalue weighted by molar-refractivity contribution is 7.10. The van der Waals surface area contributed by atoms with Crippen LogP contribution >= 0.6 is 11.3 Å². The van der Waals surface area contributed by atoms with Crippen molar-refractivity contribution in [1.29, 1.82) is 0 Å². The molecule has 2 rings (SSSR count). The van der Waals surface area contributed by atoms with E-state index in [-0.39, 0.29) is 17.1 Å². The molecule has 1 amide bonds. The van der Waals surface area contributed by atoms with Crippen LogP contribution in [0.15, 0.2) is 29.6 Å². The lowest BCUT2D eigenvalue weighted by Gasteiger charge is -2.08. The largest absolute Gasteiger partial charge is 0.443 e. The average molecular weight is 330 g/mol. The first-order valence-corrected chi connectivity index (χ1v) is 6.77. The van der Waals surface area contributed by atoms with Crippen molar-refractivity contribution in [3.63, 3.8) is 0 Å². The third kappa shape index (κ3) is 3.82. The summed E-state index contributed by atoms with van der Waals surface area (Å²) in [6, 6.07) is 5.87. The van der Waals surface area contributed by atoms with Gasteiger partial charge in [-0.2, -0.15) is 13.2 Å². The molecule has 0 aliphatic heterocycles. The van der Waals surface area contributed by atoms with Crippen molar-refractivity contribution in [2.75, 3.05) is 5.32 Å². The summed E-state index contributed by atoms with van der Waals surface area (Å²) in [7, 11) is 0. The third-order valence-electron chi connectivity index (χ3n) is 2.37. The van der Waals surface area contributed by atoms with Gasteiger partial charge in [0.2, 0.25) is 0 Å². The zero-order chi connectivity index (χ0) is 16.3. The van der Waals surface area contributed by atoms with E-state index in [2.05, 4.69) is 10.3 Å². The Morgan fingerprint density at radius 2 is 1.95 bits per heavy atom. The molecule has 1 heterocycles. The van der Waals surface area contributed by atoms with Crippen LogP contribution in [-0.2, 0) is 11.0 Å². The molecule has 22 heavy (non-hydrogen) atoms. The number of hydrogen-bond acceptors (Lipinski definition) is 5. The normalized spacial score (nSPS) is 11.1. The fourth-order valence-electron chi connectivity index (χ4n) is 1.54. The van der Waals surface area contributed by atoms with E-state index in [0.29, 0.717) is 11.3 Å². The first-order chi connectivity index (χ1) is 10.3.